The van der Waals surface area contributed by atoms with E-state index >= 15 is 0 Å². The zero-order valence-corrected chi connectivity index (χ0v) is 5.87. The topological polar surface area (TPSA) is 0 Å². The van der Waals surface area contributed by atoms with Gasteiger partial charge in [0.05, 0.1) is 0 Å². The van der Waals surface area contributed by atoms with E-state index in [0.717, 1.165) is 0 Å². The van der Waals surface area contributed by atoms with Gasteiger partial charge in [0.25, 0.3) is 0 Å². The van der Waals surface area contributed by atoms with Crippen LogP contribution in [0.4, 0.5) is 26.3 Å². The molecule has 0 bridgehead atoms. The van der Waals surface area contributed by atoms with E-state index in [2.05, 4.69) is 0 Å². The Kier molecular flexibility index (Phi) is 2.44. The van der Waals surface area contributed by atoms with Crippen molar-refractivity contribution in [2.45, 2.75) is 9.93 Å². The normalized spacial score (nSPS) is 14.0. The van der Waals surface area contributed by atoms with Crippen molar-refractivity contribution in [3.63, 3.8) is 0 Å². The molecule has 0 N–H and O–H groups in total. The van der Waals surface area contributed by atoms with Crippen molar-refractivity contribution < 1.29 is 26.3 Å². The number of halogens is 6. The molecule has 0 aromatic rings. The molecule has 0 fully saturated rings. The quantitative estimate of drug-likeness (QED) is 0.423. The van der Waals surface area contributed by atoms with Gasteiger partial charge in [0.2, 0.25) is 0 Å². The Morgan fingerprint density at radius 2 is 0.889 bits per heavy atom. The molecule has 0 unspecified atom stereocenters. The van der Waals surface area contributed by atoms with Crippen LogP contribution in [0.3, 0.4) is 0 Å². The van der Waals surface area contributed by atoms with Crippen molar-refractivity contribution in [3.05, 3.63) is 0 Å². The van der Waals surface area contributed by atoms with Gasteiger partial charge in [-0.2, -0.15) is 0 Å². The van der Waals surface area contributed by atoms with Crippen LogP contribution in [0.25, 0.3) is 0 Å². The molecule has 7 heteroatoms. The molecule has 0 rings (SSSR count). The second-order valence-corrected chi connectivity index (χ2v) is 4.02. The SMILES string of the molecule is FC(F)(F)[AsH]C(F)(F)F. The van der Waals surface area contributed by atoms with Crippen LogP contribution in [0.2, 0.25) is 0 Å². The average Bonchev–Trinajstić information content (AvgIpc) is 1.14. The monoisotopic (exact) mass is 214 g/mol. The first-order chi connectivity index (χ1) is 3.71. The zero-order valence-electron chi connectivity index (χ0n) is 3.77. The molecule has 0 nitrogen and oxygen atoms in total. The molecule has 0 aromatic heterocycles. The van der Waals surface area contributed by atoms with Crippen molar-refractivity contribution in [1.82, 2.24) is 0 Å². The Labute approximate surface area is 52.9 Å². The van der Waals surface area contributed by atoms with Crippen LogP contribution < -0.4 is 0 Å². The van der Waals surface area contributed by atoms with E-state index < -0.39 is 25.7 Å². The van der Waals surface area contributed by atoms with Crippen LogP contribution in [-0.2, 0) is 0 Å². The zero-order chi connectivity index (χ0) is 7.71. The fraction of sp³-hybridized carbons (Fsp3) is 1.00. The predicted octanol–water partition coefficient (Wildman–Crippen LogP) is 1.46. The fourth-order valence-electron chi connectivity index (χ4n) is 0.161. The van der Waals surface area contributed by atoms with Crippen LogP contribution in [0.5, 0.6) is 0 Å². The summed E-state index contributed by atoms with van der Waals surface area (Å²) in [6.07, 6.45) is 0. The third kappa shape index (κ3) is 8.14. The van der Waals surface area contributed by atoms with E-state index in [9.17, 15) is 26.3 Å². The Morgan fingerprint density at radius 1 is 0.667 bits per heavy atom. The second-order valence-electron chi connectivity index (χ2n) is 1.12. The first kappa shape index (κ1) is 9.14. The molecular formula is C2HAsF6. The summed E-state index contributed by atoms with van der Waals surface area (Å²) in [4.78, 5) is -10.0. The molecule has 56 valence electrons. The summed E-state index contributed by atoms with van der Waals surface area (Å²) in [5, 5.41) is 0. The van der Waals surface area contributed by atoms with Crippen molar-refractivity contribution in [1.29, 1.82) is 0 Å². The molecule has 0 saturated carbocycles. The summed E-state index contributed by atoms with van der Waals surface area (Å²) in [5.74, 6) is 0. The summed E-state index contributed by atoms with van der Waals surface area (Å²) in [7, 11) is 0. The van der Waals surface area contributed by atoms with Crippen LogP contribution in [0.15, 0.2) is 0 Å². The van der Waals surface area contributed by atoms with Crippen LogP contribution in [0, 0.1) is 0 Å². The summed E-state index contributed by atoms with van der Waals surface area (Å²) in [5.41, 5.74) is 0. The van der Waals surface area contributed by atoms with E-state index in [0.29, 0.717) is 0 Å². The van der Waals surface area contributed by atoms with E-state index in [1.807, 2.05) is 0 Å². The maximum absolute atomic E-state index is 10.9. The van der Waals surface area contributed by atoms with E-state index in [-0.39, 0.29) is 0 Å². The van der Waals surface area contributed by atoms with Gasteiger partial charge in [-0.25, -0.2) is 0 Å². The van der Waals surface area contributed by atoms with Crippen molar-refractivity contribution in [2.24, 2.45) is 0 Å². The van der Waals surface area contributed by atoms with Gasteiger partial charge in [-0.1, -0.05) is 0 Å². The van der Waals surface area contributed by atoms with E-state index in [4.69, 9.17) is 0 Å². The molecular weight excluding hydrogens is 213 g/mol. The molecule has 0 aliphatic rings. The van der Waals surface area contributed by atoms with Crippen molar-refractivity contribution in [2.75, 3.05) is 0 Å². The Balaban J connectivity index is 3.75. The molecule has 0 radical (unpaired) electrons. The van der Waals surface area contributed by atoms with Gasteiger partial charge in [-0.15, -0.1) is 0 Å². The Morgan fingerprint density at radius 3 is 0.889 bits per heavy atom. The Hall–Kier alpha value is 0.138. The minimum atomic E-state index is -5.02. The van der Waals surface area contributed by atoms with Gasteiger partial charge < -0.3 is 0 Å². The molecule has 0 heterocycles. The molecule has 9 heavy (non-hydrogen) atoms. The summed E-state index contributed by atoms with van der Waals surface area (Å²) in [6, 6.07) is 0. The average molecular weight is 214 g/mol. The predicted molar refractivity (Wildman–Crippen MR) is 19.3 cm³/mol. The van der Waals surface area contributed by atoms with Gasteiger partial charge in [0.1, 0.15) is 0 Å². The first-order valence-corrected chi connectivity index (χ1v) is 3.73. The van der Waals surface area contributed by atoms with Gasteiger partial charge in [-0.05, 0) is 0 Å². The summed E-state index contributed by atoms with van der Waals surface area (Å²) >= 11 is -3.79. The van der Waals surface area contributed by atoms with Gasteiger partial charge in [0.15, 0.2) is 0 Å². The van der Waals surface area contributed by atoms with Crippen LogP contribution in [-0.4, -0.2) is 25.7 Å². The van der Waals surface area contributed by atoms with E-state index in [1.54, 1.807) is 0 Å². The molecule has 0 saturated heterocycles. The van der Waals surface area contributed by atoms with Crippen LogP contribution in [0.1, 0.15) is 0 Å². The van der Waals surface area contributed by atoms with Crippen molar-refractivity contribution in [3.8, 4) is 0 Å². The number of rotatable bonds is 0. The molecule has 0 atom stereocenters. The van der Waals surface area contributed by atoms with Crippen molar-refractivity contribution >= 4 is 15.8 Å². The maximum atomic E-state index is 10.9. The number of hydrogen-bond acceptors (Lipinski definition) is 0. The second kappa shape index (κ2) is 2.40. The molecule has 0 aromatic carbocycles. The van der Waals surface area contributed by atoms with Gasteiger partial charge in [-0.3, -0.25) is 0 Å². The summed E-state index contributed by atoms with van der Waals surface area (Å²) < 4.78 is 65.3. The number of alkyl halides is 6. The fourth-order valence-corrected chi connectivity index (χ4v) is 0.835. The van der Waals surface area contributed by atoms with Gasteiger partial charge in [0, 0.05) is 0 Å². The van der Waals surface area contributed by atoms with E-state index in [1.165, 1.54) is 0 Å². The molecule has 0 spiro atoms. The third-order valence-electron chi connectivity index (χ3n) is 0.283. The third-order valence-corrected chi connectivity index (χ3v) is 1.47. The minimum absolute atomic E-state index is 3.79. The molecule has 0 aliphatic heterocycles. The van der Waals surface area contributed by atoms with Gasteiger partial charge >= 0.3 is 52.0 Å². The molecule has 0 amide bonds. The van der Waals surface area contributed by atoms with Crippen LogP contribution >= 0.6 is 0 Å². The summed E-state index contributed by atoms with van der Waals surface area (Å²) in [6.45, 7) is 0. The number of hydrogen-bond donors (Lipinski definition) is 0. The Bertz CT molecular complexity index is 76.2. The first-order valence-electron chi connectivity index (χ1n) is 1.63. The standard InChI is InChI=1S/C2HAsF6/c4-1(5,6)3-2(7,8)9/h3H. The molecule has 0 aliphatic carbocycles.